The third-order valence-corrected chi connectivity index (χ3v) is 4.03. The minimum Gasteiger partial charge on any atom is -0.347 e. The molecule has 0 saturated heterocycles. The molecule has 0 aliphatic heterocycles. The summed E-state index contributed by atoms with van der Waals surface area (Å²) in [6, 6.07) is 0. The molecule has 0 saturated carbocycles. The highest BCUT2D eigenvalue weighted by atomic mass is 35.5. The van der Waals surface area contributed by atoms with E-state index in [1.54, 1.807) is 0 Å². The van der Waals surface area contributed by atoms with Gasteiger partial charge in [-0.3, -0.25) is 4.79 Å². The number of ketones is 1. The van der Waals surface area contributed by atoms with Crippen LogP contribution in [0.4, 0.5) is 0 Å². The Bertz CT molecular complexity index is 360. The molecule has 1 aliphatic rings. The molecule has 0 fully saturated rings. The summed E-state index contributed by atoms with van der Waals surface area (Å²) in [6.07, 6.45) is 1.61. The lowest BCUT2D eigenvalue weighted by Gasteiger charge is -2.37. The smallest absolute Gasteiger partial charge is 0.234 e. The Morgan fingerprint density at radius 3 is 2.25 bits per heavy atom. The second kappa shape index (κ2) is 4.67. The molecular formula is C10H11Cl3O3. The molecule has 1 rings (SSSR count). The van der Waals surface area contributed by atoms with Gasteiger partial charge in [-0.05, 0) is 6.42 Å². The standard InChI is InChI=1S/C10H11Cl3O3/c1-4-5-9(13)8(14)6(11)7(12)10(9,15-2)16-3/h4H,1,5H2,2-3H3/t9-/m1/s1. The van der Waals surface area contributed by atoms with E-state index in [1.807, 2.05) is 0 Å². The van der Waals surface area contributed by atoms with E-state index in [4.69, 9.17) is 44.3 Å². The van der Waals surface area contributed by atoms with Crippen molar-refractivity contribution in [2.45, 2.75) is 17.1 Å². The summed E-state index contributed by atoms with van der Waals surface area (Å²) in [4.78, 5) is 10.4. The van der Waals surface area contributed by atoms with Gasteiger partial charge in [-0.2, -0.15) is 0 Å². The highest BCUT2D eigenvalue weighted by molar-refractivity contribution is 6.57. The van der Waals surface area contributed by atoms with Crippen LogP contribution in [0.5, 0.6) is 0 Å². The third-order valence-electron chi connectivity index (χ3n) is 2.56. The van der Waals surface area contributed by atoms with Crippen LogP contribution in [0.25, 0.3) is 0 Å². The van der Waals surface area contributed by atoms with Crippen LogP contribution in [0.15, 0.2) is 22.7 Å². The minimum absolute atomic E-state index is 0.0407. The molecule has 16 heavy (non-hydrogen) atoms. The summed E-state index contributed by atoms with van der Waals surface area (Å²) in [6.45, 7) is 3.54. The maximum Gasteiger partial charge on any atom is 0.234 e. The molecule has 0 aromatic carbocycles. The molecular weight excluding hydrogens is 274 g/mol. The molecule has 0 spiro atoms. The zero-order valence-corrected chi connectivity index (χ0v) is 11.1. The summed E-state index contributed by atoms with van der Waals surface area (Å²) < 4.78 is 10.3. The number of carbonyl (C=O) groups excluding carboxylic acids is 1. The number of carbonyl (C=O) groups is 1. The lowest BCUT2D eigenvalue weighted by molar-refractivity contribution is -0.192. The Morgan fingerprint density at radius 1 is 1.38 bits per heavy atom. The van der Waals surface area contributed by atoms with Crippen molar-refractivity contribution in [3.63, 3.8) is 0 Å². The molecule has 0 aromatic rings. The number of Topliss-reactive ketones (excluding diaryl/α,β-unsaturated/α-hetero) is 1. The third kappa shape index (κ3) is 1.54. The zero-order valence-electron chi connectivity index (χ0n) is 8.85. The summed E-state index contributed by atoms with van der Waals surface area (Å²) in [5.41, 5.74) is 0. The fourth-order valence-corrected chi connectivity index (χ4v) is 2.99. The van der Waals surface area contributed by atoms with Crippen molar-refractivity contribution in [1.82, 2.24) is 0 Å². The minimum atomic E-state index is -1.56. The van der Waals surface area contributed by atoms with Crippen molar-refractivity contribution in [3.05, 3.63) is 22.7 Å². The van der Waals surface area contributed by atoms with E-state index in [0.717, 1.165) is 0 Å². The Morgan fingerprint density at radius 2 is 1.88 bits per heavy atom. The van der Waals surface area contributed by atoms with Gasteiger partial charge in [0, 0.05) is 14.2 Å². The molecule has 1 atom stereocenters. The number of allylic oxidation sites excluding steroid dienone is 2. The van der Waals surface area contributed by atoms with Gasteiger partial charge in [-0.25, -0.2) is 0 Å². The Kier molecular flexibility index (Phi) is 4.08. The van der Waals surface area contributed by atoms with Crippen LogP contribution in [-0.4, -0.2) is 30.7 Å². The van der Waals surface area contributed by atoms with Crippen LogP contribution in [0, 0.1) is 0 Å². The average molecular weight is 286 g/mol. The van der Waals surface area contributed by atoms with Gasteiger partial charge < -0.3 is 9.47 Å². The molecule has 0 amide bonds. The highest BCUT2D eigenvalue weighted by Crippen LogP contribution is 2.52. The Balaban J connectivity index is 3.40. The van der Waals surface area contributed by atoms with Crippen molar-refractivity contribution in [2.24, 2.45) is 0 Å². The fourth-order valence-electron chi connectivity index (χ4n) is 1.75. The van der Waals surface area contributed by atoms with Crippen molar-refractivity contribution < 1.29 is 14.3 Å². The largest absolute Gasteiger partial charge is 0.347 e. The number of alkyl halides is 1. The normalized spacial score (nSPS) is 28.7. The number of hydrogen-bond donors (Lipinski definition) is 0. The first-order valence-electron chi connectivity index (χ1n) is 4.42. The second-order valence-electron chi connectivity index (χ2n) is 3.28. The van der Waals surface area contributed by atoms with Crippen molar-refractivity contribution >= 4 is 40.6 Å². The van der Waals surface area contributed by atoms with Gasteiger partial charge >= 0.3 is 0 Å². The molecule has 1 aliphatic carbocycles. The monoisotopic (exact) mass is 284 g/mol. The van der Waals surface area contributed by atoms with E-state index in [9.17, 15) is 4.79 Å². The van der Waals surface area contributed by atoms with Crippen LogP contribution in [0.2, 0.25) is 0 Å². The van der Waals surface area contributed by atoms with E-state index in [1.165, 1.54) is 20.3 Å². The molecule has 0 N–H and O–H groups in total. The van der Waals surface area contributed by atoms with Gasteiger partial charge in [0.15, 0.2) is 4.87 Å². The van der Waals surface area contributed by atoms with Crippen LogP contribution < -0.4 is 0 Å². The molecule has 0 heterocycles. The van der Waals surface area contributed by atoms with Gasteiger partial charge in [-0.15, -0.1) is 18.2 Å². The van der Waals surface area contributed by atoms with Crippen molar-refractivity contribution in [2.75, 3.05) is 14.2 Å². The first-order valence-corrected chi connectivity index (χ1v) is 5.55. The van der Waals surface area contributed by atoms with E-state index >= 15 is 0 Å². The van der Waals surface area contributed by atoms with E-state index in [-0.39, 0.29) is 16.5 Å². The SMILES string of the molecule is C=CC[C@@]1(Cl)C(=O)C(Cl)=C(Cl)C1(OC)OC. The lowest BCUT2D eigenvalue weighted by atomic mass is 9.95. The number of methoxy groups -OCH3 is 2. The fraction of sp³-hybridized carbons (Fsp3) is 0.500. The van der Waals surface area contributed by atoms with Crippen molar-refractivity contribution in [3.8, 4) is 0 Å². The van der Waals surface area contributed by atoms with Gasteiger partial charge in [0.05, 0.1) is 0 Å². The summed E-state index contributed by atoms with van der Waals surface area (Å²) in [5.74, 6) is -2.08. The average Bonchev–Trinajstić information content (AvgIpc) is 2.41. The molecule has 90 valence electrons. The molecule has 0 bridgehead atoms. The van der Waals surface area contributed by atoms with Gasteiger partial charge in [0.25, 0.3) is 0 Å². The number of rotatable bonds is 4. The molecule has 3 nitrogen and oxygen atoms in total. The second-order valence-corrected chi connectivity index (χ2v) is 4.68. The summed E-state index contributed by atoms with van der Waals surface area (Å²) >= 11 is 18.0. The van der Waals surface area contributed by atoms with E-state index in [2.05, 4.69) is 6.58 Å². The quantitative estimate of drug-likeness (QED) is 0.453. The van der Waals surface area contributed by atoms with Crippen LogP contribution >= 0.6 is 34.8 Å². The first-order chi connectivity index (χ1) is 7.41. The van der Waals surface area contributed by atoms with Crippen LogP contribution in [-0.2, 0) is 14.3 Å². The van der Waals surface area contributed by atoms with E-state index < -0.39 is 16.4 Å². The van der Waals surface area contributed by atoms with E-state index in [0.29, 0.717) is 0 Å². The lowest BCUT2D eigenvalue weighted by Crippen LogP contribution is -2.53. The molecule has 0 radical (unpaired) electrons. The highest BCUT2D eigenvalue weighted by Gasteiger charge is 2.65. The topological polar surface area (TPSA) is 35.5 Å². The maximum absolute atomic E-state index is 11.9. The number of halogens is 3. The summed E-state index contributed by atoms with van der Waals surface area (Å²) in [5, 5.41) is -0.205. The Labute approximate surface area is 109 Å². The maximum atomic E-state index is 11.9. The Hall–Kier alpha value is -0.0600. The molecule has 0 aromatic heterocycles. The van der Waals surface area contributed by atoms with Gasteiger partial charge in [-0.1, -0.05) is 29.3 Å². The predicted octanol–water partition coefficient (Wildman–Crippen LogP) is 2.80. The molecule has 0 unspecified atom stereocenters. The number of ether oxygens (including phenoxy) is 2. The number of hydrogen-bond acceptors (Lipinski definition) is 3. The van der Waals surface area contributed by atoms with Gasteiger partial charge in [0.1, 0.15) is 10.1 Å². The zero-order chi connectivity index (χ0) is 12.6. The van der Waals surface area contributed by atoms with Crippen LogP contribution in [0.1, 0.15) is 6.42 Å². The predicted molar refractivity (Wildman–Crippen MR) is 63.9 cm³/mol. The summed E-state index contributed by atoms with van der Waals surface area (Å²) in [7, 11) is 2.68. The first kappa shape index (κ1) is 14.0. The van der Waals surface area contributed by atoms with Gasteiger partial charge in [0.2, 0.25) is 11.6 Å². The van der Waals surface area contributed by atoms with Crippen molar-refractivity contribution in [1.29, 1.82) is 0 Å². The molecule has 6 heteroatoms. The van der Waals surface area contributed by atoms with Crippen LogP contribution in [0.3, 0.4) is 0 Å².